The van der Waals surface area contributed by atoms with Crippen LogP contribution in [0.4, 0.5) is 26.3 Å². The molecule has 0 aliphatic rings. The lowest BCUT2D eigenvalue weighted by Gasteiger charge is -2.18. The van der Waals surface area contributed by atoms with E-state index in [2.05, 4.69) is 0 Å². The Labute approximate surface area is 178 Å². The van der Waals surface area contributed by atoms with Gasteiger partial charge in [-0.15, -0.1) is 0 Å². The molecule has 32 heavy (non-hydrogen) atoms. The molecular weight excluding hydrogens is 426 g/mol. The maximum atomic E-state index is 14.8. The van der Waals surface area contributed by atoms with Crippen molar-refractivity contribution in [2.45, 2.75) is 0 Å². The molecule has 6 heteroatoms. The number of hydrogen-bond acceptors (Lipinski definition) is 0. The number of fused-ring (bicyclic) bond motifs is 2. The van der Waals surface area contributed by atoms with Crippen LogP contribution in [0.25, 0.3) is 43.8 Å². The Morgan fingerprint density at radius 3 is 1.66 bits per heavy atom. The van der Waals surface area contributed by atoms with Gasteiger partial charge in [-0.05, 0) is 69.1 Å². The molecule has 0 aliphatic heterocycles. The first kappa shape index (κ1) is 20.1. The van der Waals surface area contributed by atoms with E-state index in [1.165, 1.54) is 24.3 Å². The van der Waals surface area contributed by atoms with Gasteiger partial charge in [-0.25, -0.2) is 26.3 Å². The van der Waals surface area contributed by atoms with Gasteiger partial charge < -0.3 is 0 Å². The Balaban J connectivity index is 2.01. The number of rotatable bonds is 2. The highest BCUT2D eigenvalue weighted by Crippen LogP contribution is 2.44. The Hall–Kier alpha value is -3.80. The van der Waals surface area contributed by atoms with E-state index in [4.69, 9.17) is 0 Å². The molecule has 158 valence electrons. The molecule has 0 unspecified atom stereocenters. The van der Waals surface area contributed by atoms with E-state index >= 15 is 0 Å². The predicted octanol–water partition coefficient (Wildman–Crippen LogP) is 8.16. The van der Waals surface area contributed by atoms with Gasteiger partial charge in [0, 0.05) is 17.2 Å². The maximum absolute atomic E-state index is 14.8. The summed E-state index contributed by atoms with van der Waals surface area (Å²) in [4.78, 5) is 0. The molecule has 0 amide bonds. The topological polar surface area (TPSA) is 0 Å². The first-order valence-electron chi connectivity index (χ1n) is 9.59. The fraction of sp³-hybridized carbons (Fsp3) is 0. The number of benzene rings is 5. The van der Waals surface area contributed by atoms with Crippen molar-refractivity contribution >= 4 is 21.5 Å². The van der Waals surface area contributed by atoms with Gasteiger partial charge in [0.1, 0.15) is 17.5 Å². The fourth-order valence-electron chi connectivity index (χ4n) is 4.14. The lowest BCUT2D eigenvalue weighted by molar-refractivity contribution is 0.448. The molecule has 0 aliphatic carbocycles. The fourth-order valence-corrected chi connectivity index (χ4v) is 4.14. The summed E-state index contributed by atoms with van der Waals surface area (Å²) < 4.78 is 84.4. The summed E-state index contributed by atoms with van der Waals surface area (Å²) in [5, 5.41) is 1.57. The number of hydrogen-bond donors (Lipinski definition) is 0. The van der Waals surface area contributed by atoms with Crippen LogP contribution in [0, 0.1) is 34.9 Å². The highest BCUT2D eigenvalue weighted by molar-refractivity contribution is 6.21. The van der Waals surface area contributed by atoms with Gasteiger partial charge in [0.15, 0.2) is 17.5 Å². The predicted molar refractivity (Wildman–Crippen MR) is 112 cm³/mol. The highest BCUT2D eigenvalue weighted by Gasteiger charge is 2.21. The summed E-state index contributed by atoms with van der Waals surface area (Å²) in [6.45, 7) is 0. The Bertz CT molecular complexity index is 1510. The van der Waals surface area contributed by atoms with Crippen LogP contribution in [-0.4, -0.2) is 0 Å². The van der Waals surface area contributed by atoms with Crippen LogP contribution in [0.2, 0.25) is 0 Å². The Morgan fingerprint density at radius 2 is 1.00 bits per heavy atom. The summed E-state index contributed by atoms with van der Waals surface area (Å²) in [5.74, 6) is -6.55. The number of halogens is 6. The van der Waals surface area contributed by atoms with E-state index in [0.29, 0.717) is 27.3 Å². The molecule has 0 saturated heterocycles. The molecule has 0 atom stereocenters. The zero-order chi connectivity index (χ0) is 22.6. The molecule has 0 heterocycles. The van der Waals surface area contributed by atoms with Gasteiger partial charge >= 0.3 is 0 Å². The maximum Gasteiger partial charge on any atom is 0.194 e. The van der Waals surface area contributed by atoms with E-state index in [1.807, 2.05) is 0 Å². The Morgan fingerprint density at radius 1 is 0.438 bits per heavy atom. The van der Waals surface area contributed by atoms with Crippen molar-refractivity contribution < 1.29 is 26.3 Å². The van der Waals surface area contributed by atoms with Gasteiger partial charge in [-0.1, -0.05) is 30.3 Å². The zero-order valence-electron chi connectivity index (χ0n) is 16.2. The van der Waals surface area contributed by atoms with Crippen LogP contribution in [0.1, 0.15) is 0 Å². The van der Waals surface area contributed by atoms with Crippen molar-refractivity contribution in [3.8, 4) is 22.3 Å². The quantitative estimate of drug-likeness (QED) is 0.148. The van der Waals surface area contributed by atoms with Gasteiger partial charge in [0.25, 0.3) is 0 Å². The molecule has 0 fully saturated rings. The second-order valence-corrected chi connectivity index (χ2v) is 7.36. The van der Waals surface area contributed by atoms with Gasteiger partial charge in [0.05, 0.1) is 0 Å². The summed E-state index contributed by atoms with van der Waals surface area (Å²) in [6, 6.07) is 15.2. The monoisotopic (exact) mass is 438 g/mol. The standard InChI is InChI=1S/C26H12F6/c27-14-5-7-18-20(11-14)25(19-8-6-15(28)12-21(19)29)17-4-2-1-3-16(17)24(18)13-9-22(30)26(32)23(31)10-13/h1-12H. The highest BCUT2D eigenvalue weighted by atomic mass is 19.2. The minimum atomic E-state index is -1.60. The normalized spacial score (nSPS) is 11.4. The van der Waals surface area contributed by atoms with E-state index in [-0.39, 0.29) is 16.5 Å². The molecular formula is C26H12F6. The van der Waals surface area contributed by atoms with Gasteiger partial charge in [0.2, 0.25) is 0 Å². The molecule has 5 rings (SSSR count). The molecule has 0 spiro atoms. The zero-order valence-corrected chi connectivity index (χ0v) is 16.2. The summed E-state index contributed by atoms with van der Waals surface area (Å²) >= 11 is 0. The van der Waals surface area contributed by atoms with Crippen molar-refractivity contribution in [3.05, 3.63) is 108 Å². The smallest absolute Gasteiger partial charge is 0.194 e. The molecule has 5 aromatic rings. The summed E-state index contributed by atoms with van der Waals surface area (Å²) in [5.41, 5.74) is 0.723. The van der Waals surface area contributed by atoms with Gasteiger partial charge in [-0.2, -0.15) is 0 Å². The van der Waals surface area contributed by atoms with Crippen molar-refractivity contribution in [2.75, 3.05) is 0 Å². The minimum Gasteiger partial charge on any atom is -0.207 e. The van der Waals surface area contributed by atoms with Crippen molar-refractivity contribution in [1.82, 2.24) is 0 Å². The molecule has 0 saturated carbocycles. The lowest BCUT2D eigenvalue weighted by atomic mass is 9.85. The first-order chi connectivity index (χ1) is 15.3. The van der Waals surface area contributed by atoms with Crippen molar-refractivity contribution in [3.63, 3.8) is 0 Å². The van der Waals surface area contributed by atoms with Crippen LogP contribution in [0.15, 0.2) is 72.8 Å². The Kier molecular flexibility index (Phi) is 4.66. The minimum absolute atomic E-state index is 0.0420. The molecule has 0 radical (unpaired) electrons. The summed E-state index contributed by atoms with van der Waals surface area (Å²) in [6.07, 6.45) is 0. The molecule has 5 aromatic carbocycles. The van der Waals surface area contributed by atoms with Crippen LogP contribution in [0.3, 0.4) is 0 Å². The molecule has 0 nitrogen and oxygen atoms in total. The largest absolute Gasteiger partial charge is 0.207 e. The SMILES string of the molecule is Fc1ccc(-c2c3ccccc3c(-c3cc(F)c(F)c(F)c3)c3ccc(F)cc23)c(F)c1. The van der Waals surface area contributed by atoms with Crippen molar-refractivity contribution in [2.24, 2.45) is 0 Å². The third-order valence-corrected chi connectivity index (χ3v) is 5.46. The van der Waals surface area contributed by atoms with E-state index in [1.54, 1.807) is 24.3 Å². The summed E-state index contributed by atoms with van der Waals surface area (Å²) in [7, 11) is 0. The third-order valence-electron chi connectivity index (χ3n) is 5.46. The molecule has 0 bridgehead atoms. The van der Waals surface area contributed by atoms with Crippen LogP contribution >= 0.6 is 0 Å². The van der Waals surface area contributed by atoms with E-state index in [9.17, 15) is 26.3 Å². The second kappa shape index (κ2) is 7.41. The van der Waals surface area contributed by atoms with E-state index < -0.39 is 34.9 Å². The second-order valence-electron chi connectivity index (χ2n) is 7.36. The van der Waals surface area contributed by atoms with Crippen LogP contribution in [0.5, 0.6) is 0 Å². The van der Waals surface area contributed by atoms with E-state index in [0.717, 1.165) is 24.3 Å². The molecule has 0 aromatic heterocycles. The molecule has 0 N–H and O–H groups in total. The van der Waals surface area contributed by atoms with Crippen molar-refractivity contribution in [1.29, 1.82) is 0 Å². The van der Waals surface area contributed by atoms with Crippen LogP contribution < -0.4 is 0 Å². The average Bonchev–Trinajstić information content (AvgIpc) is 2.76. The lowest BCUT2D eigenvalue weighted by Crippen LogP contribution is -1.96. The third kappa shape index (κ3) is 3.11. The first-order valence-corrected chi connectivity index (χ1v) is 9.59. The van der Waals surface area contributed by atoms with Gasteiger partial charge in [-0.3, -0.25) is 0 Å². The van der Waals surface area contributed by atoms with Crippen LogP contribution in [-0.2, 0) is 0 Å². The average molecular weight is 438 g/mol.